The Bertz CT molecular complexity index is 2910. The Morgan fingerprint density at radius 2 is 1.00 bits per heavy atom. The van der Waals surface area contributed by atoms with Gasteiger partial charge in [-0.3, -0.25) is 48.7 Å². The SMILES string of the molecule is CC(C)(C)OC(=O)N1CCC2(CCN(CCOCCOCCN)CC2)CC1.CC(C)(C)OC(=O)N1CCC2(CCN(CCOCCOCCNc3ccc4c(c3)C(=O)N(C3CCC(=O)NC3=O)C4=O)CC2)CC1.O=C1CCC(N2C(=O)c3ccc(F)cc3C2=O)CN1. The Labute approximate surface area is 539 Å². The highest BCUT2D eigenvalue weighted by Gasteiger charge is 2.46. The quantitative estimate of drug-likeness (QED) is 0.0948. The smallest absolute Gasteiger partial charge is 0.410 e. The molecule has 10 rings (SSSR count). The molecule has 2 atom stereocenters. The highest BCUT2D eigenvalue weighted by molar-refractivity contribution is 6.24. The Kier molecular flexibility index (Phi) is 25.1. The summed E-state index contributed by atoms with van der Waals surface area (Å²) in [6, 6.07) is 7.14. The lowest BCUT2D eigenvalue weighted by atomic mass is 9.71. The van der Waals surface area contributed by atoms with Crippen molar-refractivity contribution < 1.29 is 76.0 Å². The number of rotatable bonds is 20. The molecule has 0 bridgehead atoms. The van der Waals surface area contributed by atoms with Crippen LogP contribution in [0.5, 0.6) is 0 Å². The van der Waals surface area contributed by atoms with Crippen LogP contribution < -0.4 is 21.7 Å². The first-order valence-corrected chi connectivity index (χ1v) is 32.8. The summed E-state index contributed by atoms with van der Waals surface area (Å²) in [5.74, 6) is -3.61. The molecule has 0 aromatic heterocycles. The van der Waals surface area contributed by atoms with E-state index in [2.05, 4.69) is 25.8 Å². The van der Waals surface area contributed by atoms with E-state index in [4.69, 9.17) is 34.2 Å². The van der Waals surface area contributed by atoms with Crippen molar-refractivity contribution in [1.29, 1.82) is 0 Å². The average molecular weight is 1290 g/mol. The second kappa shape index (κ2) is 32.4. The minimum absolute atomic E-state index is 0.0841. The minimum Gasteiger partial charge on any atom is -0.444 e. The van der Waals surface area contributed by atoms with Gasteiger partial charge in [0, 0.05) is 77.4 Å². The first-order chi connectivity index (χ1) is 43.9. The van der Waals surface area contributed by atoms with E-state index < -0.39 is 58.5 Å². The predicted octanol–water partition coefficient (Wildman–Crippen LogP) is 5.44. The minimum atomic E-state index is -0.980. The number of ether oxygens (including phenoxy) is 6. The van der Waals surface area contributed by atoms with Crippen LogP contribution in [0.15, 0.2) is 36.4 Å². The molecule has 2 spiro atoms. The van der Waals surface area contributed by atoms with E-state index in [0.717, 1.165) is 133 Å². The molecule has 0 saturated carbocycles. The molecule has 2 unspecified atom stereocenters. The zero-order chi connectivity index (χ0) is 66.2. The van der Waals surface area contributed by atoms with Gasteiger partial charge in [-0.1, -0.05) is 0 Å². The lowest BCUT2D eigenvalue weighted by Crippen LogP contribution is -2.54. The molecule has 8 aliphatic rings. The topological polar surface area (TPSA) is 291 Å². The number of nitrogens with zero attached hydrogens (tertiary/aromatic N) is 6. The number of hydrogen-bond acceptors (Lipinski definition) is 19. The number of benzene rings is 2. The standard InChI is InChI=1S/C33H47N5O8.C20H39N3O4.C13H11FN2O3/c1-32(2,3)46-31(43)37-15-10-33(11-16-37)8-13-36(14-9-33)17-19-45-21-20-44-18-12-34-23-4-5-24-25(22-23)30(42)38(29(24)41)26-6-7-27(39)35-28(26)40;1-19(2,3)27-18(24)23-11-6-20(7-12-23)4-9-22(10-5-20)13-15-26-17-16-25-14-8-21;14-7-1-3-9-10(5-7)13(19)16(12(9)18)8-2-4-11(17)15-6-8/h4-5,22,26,34H,6-21H2,1-3H3,(H,35,39,40);4-17,21H2,1-3H3;1,3,5,8H,2,4,6H2,(H,15,17). The molecule has 0 aliphatic carbocycles. The number of halogens is 1. The summed E-state index contributed by atoms with van der Waals surface area (Å²) >= 11 is 0. The van der Waals surface area contributed by atoms with E-state index in [1.165, 1.54) is 18.9 Å². The van der Waals surface area contributed by atoms with Gasteiger partial charge in [-0.25, -0.2) is 14.0 Å². The van der Waals surface area contributed by atoms with Gasteiger partial charge in [-0.2, -0.15) is 0 Å². The van der Waals surface area contributed by atoms with Crippen LogP contribution in [0, 0.1) is 16.6 Å². The third kappa shape index (κ3) is 19.7. The lowest BCUT2D eigenvalue weighted by molar-refractivity contribution is -0.136. The van der Waals surface area contributed by atoms with Crippen molar-refractivity contribution in [1.82, 2.24) is 40.0 Å². The van der Waals surface area contributed by atoms with Gasteiger partial charge in [0.25, 0.3) is 23.6 Å². The number of hydrogen-bond donors (Lipinski definition) is 4. The number of imide groups is 3. The number of piperidine rings is 6. The Balaban J connectivity index is 0.000000199. The van der Waals surface area contributed by atoms with Crippen LogP contribution in [0.25, 0.3) is 0 Å². The third-order valence-electron chi connectivity index (χ3n) is 18.4. The van der Waals surface area contributed by atoms with Crippen molar-refractivity contribution in [2.24, 2.45) is 16.6 Å². The molecular weight excluding hydrogens is 1190 g/mol. The highest BCUT2D eigenvalue weighted by Crippen LogP contribution is 2.43. The summed E-state index contributed by atoms with van der Waals surface area (Å²) in [6.45, 7) is 26.9. The Hall–Kier alpha value is -6.68. The van der Waals surface area contributed by atoms with E-state index in [9.17, 15) is 47.5 Å². The molecular formula is C66H97FN10O15. The molecule has 26 heteroatoms. The van der Waals surface area contributed by atoms with Gasteiger partial charge in [0.05, 0.1) is 81.2 Å². The van der Waals surface area contributed by atoms with Gasteiger partial charge in [0.2, 0.25) is 17.7 Å². The molecule has 2 aromatic carbocycles. The lowest BCUT2D eigenvalue weighted by Gasteiger charge is -2.46. The Morgan fingerprint density at radius 3 is 1.49 bits per heavy atom. The second-order valence-corrected chi connectivity index (χ2v) is 27.2. The van der Waals surface area contributed by atoms with E-state index in [1.807, 2.05) is 51.3 Å². The number of nitrogens with one attached hydrogen (secondary N) is 3. The first-order valence-electron chi connectivity index (χ1n) is 32.8. The van der Waals surface area contributed by atoms with E-state index in [1.54, 1.807) is 18.2 Å². The molecule has 6 saturated heterocycles. The molecule has 92 heavy (non-hydrogen) atoms. The van der Waals surface area contributed by atoms with Gasteiger partial charge in [-0.05, 0) is 179 Å². The normalized spacial score (nSPS) is 21.7. The van der Waals surface area contributed by atoms with E-state index >= 15 is 0 Å². The largest absolute Gasteiger partial charge is 0.444 e. The number of carbonyl (C=O) groups is 9. The van der Waals surface area contributed by atoms with Crippen LogP contribution in [0.2, 0.25) is 0 Å². The zero-order valence-electron chi connectivity index (χ0n) is 54.7. The molecule has 5 N–H and O–H groups in total. The van der Waals surface area contributed by atoms with Gasteiger partial charge >= 0.3 is 12.2 Å². The van der Waals surface area contributed by atoms with E-state index in [0.29, 0.717) is 82.3 Å². The molecule has 2 aromatic rings. The van der Waals surface area contributed by atoms with Crippen LogP contribution in [0.1, 0.15) is 160 Å². The average Bonchev–Trinajstić information content (AvgIpc) is 1.63. The third-order valence-corrected chi connectivity index (χ3v) is 18.4. The molecule has 508 valence electrons. The maximum atomic E-state index is 13.1. The molecule has 8 aliphatic heterocycles. The second-order valence-electron chi connectivity index (χ2n) is 27.2. The van der Waals surface area contributed by atoms with Crippen LogP contribution in [-0.2, 0) is 42.8 Å². The number of carbonyl (C=O) groups excluding carboxylic acids is 9. The fraction of sp³-hybridized carbons (Fsp3) is 0.682. The summed E-state index contributed by atoms with van der Waals surface area (Å²) in [4.78, 5) is 120. The van der Waals surface area contributed by atoms with Crippen LogP contribution in [0.4, 0.5) is 19.7 Å². The van der Waals surface area contributed by atoms with Crippen molar-refractivity contribution in [2.45, 2.75) is 142 Å². The fourth-order valence-corrected chi connectivity index (χ4v) is 12.9. The monoisotopic (exact) mass is 1290 g/mol. The van der Waals surface area contributed by atoms with Crippen LogP contribution in [0.3, 0.4) is 0 Å². The first kappa shape index (κ1) is 71.2. The number of likely N-dealkylation sites (tertiary alicyclic amines) is 4. The van der Waals surface area contributed by atoms with Crippen molar-refractivity contribution in [3.8, 4) is 0 Å². The summed E-state index contributed by atoms with van der Waals surface area (Å²) in [5.41, 5.74) is 6.71. The number of amides is 9. The van der Waals surface area contributed by atoms with Gasteiger partial charge in [-0.15, -0.1) is 0 Å². The van der Waals surface area contributed by atoms with Crippen LogP contribution in [-0.4, -0.2) is 244 Å². The summed E-state index contributed by atoms with van der Waals surface area (Å²) in [5, 5.41) is 8.03. The number of nitrogens with two attached hydrogens (primary N) is 1. The van der Waals surface area contributed by atoms with Crippen LogP contribution >= 0.6 is 0 Å². The summed E-state index contributed by atoms with van der Waals surface area (Å²) in [6.07, 6.45) is 9.57. The van der Waals surface area contributed by atoms with Crippen molar-refractivity contribution in [2.75, 3.05) is 143 Å². The highest BCUT2D eigenvalue weighted by atomic mass is 19.1. The molecule has 6 fully saturated rings. The molecule has 8 heterocycles. The molecule has 0 radical (unpaired) electrons. The van der Waals surface area contributed by atoms with Crippen molar-refractivity contribution in [3.63, 3.8) is 0 Å². The predicted molar refractivity (Wildman–Crippen MR) is 337 cm³/mol. The summed E-state index contributed by atoms with van der Waals surface area (Å²) in [7, 11) is 0. The van der Waals surface area contributed by atoms with E-state index in [-0.39, 0.29) is 72.2 Å². The summed E-state index contributed by atoms with van der Waals surface area (Å²) < 4.78 is 46.6. The fourth-order valence-electron chi connectivity index (χ4n) is 12.9. The van der Waals surface area contributed by atoms with Gasteiger partial charge < -0.3 is 64.4 Å². The Morgan fingerprint density at radius 1 is 0.554 bits per heavy atom. The maximum absolute atomic E-state index is 13.1. The zero-order valence-corrected chi connectivity index (χ0v) is 54.7. The van der Waals surface area contributed by atoms with Crippen molar-refractivity contribution >= 4 is 59.2 Å². The maximum Gasteiger partial charge on any atom is 0.410 e. The molecule has 9 amide bonds. The number of anilines is 1. The number of fused-ring (bicyclic) bond motifs is 2. The van der Waals surface area contributed by atoms with Crippen molar-refractivity contribution in [3.05, 3.63) is 64.5 Å². The molecule has 25 nitrogen and oxygen atoms in total. The van der Waals surface area contributed by atoms with Gasteiger partial charge in [0.15, 0.2) is 0 Å². The van der Waals surface area contributed by atoms with Gasteiger partial charge in [0.1, 0.15) is 23.1 Å².